The predicted octanol–water partition coefficient (Wildman–Crippen LogP) is 14.9. The van der Waals surface area contributed by atoms with E-state index in [1.165, 1.54) is 10.9 Å². The second-order valence-corrected chi connectivity index (χ2v) is 15.6. The highest BCUT2D eigenvalue weighted by molar-refractivity contribution is 6.26. The highest BCUT2D eigenvalue weighted by Crippen LogP contribution is 2.44. The number of fused-ring (bicyclic) bond motifs is 7. The first-order valence-electron chi connectivity index (χ1n) is 20.8. The van der Waals surface area contributed by atoms with E-state index in [9.17, 15) is 0 Å². The highest BCUT2D eigenvalue weighted by atomic mass is 16.3. The molecule has 0 saturated carbocycles. The minimum absolute atomic E-state index is 0.571. The molecule has 0 atom stereocenters. The van der Waals surface area contributed by atoms with Crippen LogP contribution in [0.4, 0.5) is 0 Å². The summed E-state index contributed by atoms with van der Waals surface area (Å²) in [6.07, 6.45) is 0. The van der Waals surface area contributed by atoms with Crippen molar-refractivity contribution in [3.8, 4) is 73.2 Å². The van der Waals surface area contributed by atoms with Gasteiger partial charge in [-0.1, -0.05) is 176 Å². The fourth-order valence-electron chi connectivity index (χ4n) is 8.93. The number of rotatable bonds is 7. The molecule has 5 heteroatoms. The summed E-state index contributed by atoms with van der Waals surface area (Å²) in [6, 6.07) is 76.2. The van der Waals surface area contributed by atoms with E-state index in [4.69, 9.17) is 19.4 Å². The zero-order valence-corrected chi connectivity index (χ0v) is 33.5. The van der Waals surface area contributed by atoms with Gasteiger partial charge < -0.3 is 8.98 Å². The second-order valence-electron chi connectivity index (χ2n) is 15.6. The van der Waals surface area contributed by atoms with Gasteiger partial charge in [-0.15, -0.1) is 0 Å². The number of benzene rings is 9. The Morgan fingerprint density at radius 1 is 0.323 bits per heavy atom. The maximum absolute atomic E-state index is 6.77. The molecule has 0 bridgehead atoms. The summed E-state index contributed by atoms with van der Waals surface area (Å²) in [5.74, 6) is 1.76. The van der Waals surface area contributed by atoms with Gasteiger partial charge in [-0.05, 0) is 75.8 Å². The van der Waals surface area contributed by atoms with Crippen molar-refractivity contribution >= 4 is 43.7 Å². The lowest BCUT2D eigenvalue weighted by atomic mass is 10.0. The van der Waals surface area contributed by atoms with Gasteiger partial charge in [-0.3, -0.25) is 0 Å². The highest BCUT2D eigenvalue weighted by Gasteiger charge is 2.23. The van der Waals surface area contributed by atoms with Crippen molar-refractivity contribution in [1.82, 2.24) is 19.5 Å². The third-order valence-electron chi connectivity index (χ3n) is 11.9. The van der Waals surface area contributed by atoms with Crippen molar-refractivity contribution in [2.24, 2.45) is 0 Å². The summed E-state index contributed by atoms with van der Waals surface area (Å²) in [4.78, 5) is 15.8. The minimum Gasteiger partial charge on any atom is -0.456 e. The summed E-state index contributed by atoms with van der Waals surface area (Å²) in [5, 5.41) is 4.28. The summed E-state index contributed by atoms with van der Waals surface area (Å²) < 4.78 is 9.16. The topological polar surface area (TPSA) is 56.7 Å². The van der Waals surface area contributed by atoms with Crippen LogP contribution in [0, 0.1) is 0 Å². The summed E-state index contributed by atoms with van der Waals surface area (Å²) in [7, 11) is 0. The Bertz CT molecular complexity index is 3610. The number of para-hydroxylation sites is 1. The van der Waals surface area contributed by atoms with Gasteiger partial charge in [0, 0.05) is 38.5 Å². The first kappa shape index (κ1) is 35.5. The van der Waals surface area contributed by atoms with Crippen molar-refractivity contribution in [2.75, 3.05) is 0 Å². The maximum Gasteiger partial charge on any atom is 0.164 e. The molecule has 0 unspecified atom stereocenters. The fourth-order valence-corrected chi connectivity index (χ4v) is 8.93. The van der Waals surface area contributed by atoms with Gasteiger partial charge >= 0.3 is 0 Å². The molecule has 3 heterocycles. The molecule has 62 heavy (non-hydrogen) atoms. The summed E-state index contributed by atoms with van der Waals surface area (Å²) in [6.45, 7) is 0. The van der Waals surface area contributed by atoms with Crippen LogP contribution in [0.15, 0.2) is 223 Å². The molecule has 0 aliphatic heterocycles. The molecule has 0 N–H and O–H groups in total. The van der Waals surface area contributed by atoms with Crippen LogP contribution in [0.25, 0.3) is 117 Å². The maximum atomic E-state index is 6.77. The molecule has 0 aliphatic carbocycles. The van der Waals surface area contributed by atoms with E-state index in [2.05, 4.69) is 199 Å². The standard InChI is InChI=1S/C57H36N4O/c1-4-15-37(16-5-1)40-29-31-41(32-30-40)55-58-56(44-23-12-21-42(35-44)38-17-6-2-7-18-38)60-57(59-55)48-26-14-28-50-52(48)53-51(62-50)34-33-47-46-25-10-11-27-49(46)61(54(47)53)45-24-13-22-43(36-45)39-19-8-3-9-20-39/h1-36H. The third kappa shape index (κ3) is 6.06. The number of hydrogen-bond acceptors (Lipinski definition) is 4. The third-order valence-corrected chi connectivity index (χ3v) is 11.9. The summed E-state index contributed by atoms with van der Waals surface area (Å²) in [5.41, 5.74) is 14.3. The molecule has 9 aromatic carbocycles. The van der Waals surface area contributed by atoms with Gasteiger partial charge in [0.25, 0.3) is 0 Å². The molecular weight excluding hydrogens is 757 g/mol. The number of hydrogen-bond donors (Lipinski definition) is 0. The average Bonchev–Trinajstić information content (AvgIpc) is 3.91. The van der Waals surface area contributed by atoms with Gasteiger partial charge in [-0.2, -0.15) is 0 Å². The second kappa shape index (κ2) is 14.7. The van der Waals surface area contributed by atoms with Crippen molar-refractivity contribution < 1.29 is 4.42 Å². The molecule has 0 fully saturated rings. The zero-order valence-electron chi connectivity index (χ0n) is 33.5. The largest absolute Gasteiger partial charge is 0.456 e. The summed E-state index contributed by atoms with van der Waals surface area (Å²) >= 11 is 0. The van der Waals surface area contributed by atoms with E-state index in [0.717, 1.165) is 88.6 Å². The Hall–Kier alpha value is -8.41. The Balaban J connectivity index is 1.11. The molecule has 0 radical (unpaired) electrons. The molecule has 0 amide bonds. The lowest BCUT2D eigenvalue weighted by Crippen LogP contribution is -2.01. The normalized spacial score (nSPS) is 11.5. The van der Waals surface area contributed by atoms with Crippen molar-refractivity contribution in [2.45, 2.75) is 0 Å². The first-order valence-corrected chi connectivity index (χ1v) is 20.8. The Kier molecular flexibility index (Phi) is 8.42. The smallest absolute Gasteiger partial charge is 0.164 e. The van der Waals surface area contributed by atoms with Gasteiger partial charge in [0.1, 0.15) is 11.2 Å². The minimum atomic E-state index is 0.571. The Morgan fingerprint density at radius 2 is 0.839 bits per heavy atom. The average molecular weight is 793 g/mol. The van der Waals surface area contributed by atoms with Crippen LogP contribution < -0.4 is 0 Å². The van der Waals surface area contributed by atoms with E-state index in [-0.39, 0.29) is 0 Å². The fraction of sp³-hybridized carbons (Fsp3) is 0. The molecule has 0 aliphatic rings. The van der Waals surface area contributed by atoms with E-state index in [1.807, 2.05) is 24.3 Å². The van der Waals surface area contributed by atoms with Gasteiger partial charge in [0.2, 0.25) is 0 Å². The lowest BCUT2D eigenvalue weighted by Gasteiger charge is -2.12. The van der Waals surface area contributed by atoms with E-state index in [1.54, 1.807) is 0 Å². The molecule has 12 rings (SSSR count). The quantitative estimate of drug-likeness (QED) is 0.161. The van der Waals surface area contributed by atoms with E-state index >= 15 is 0 Å². The predicted molar refractivity (Wildman–Crippen MR) is 254 cm³/mol. The van der Waals surface area contributed by atoms with Gasteiger partial charge in [0.15, 0.2) is 17.5 Å². The van der Waals surface area contributed by atoms with Crippen LogP contribution in [0.5, 0.6) is 0 Å². The van der Waals surface area contributed by atoms with Crippen molar-refractivity contribution in [1.29, 1.82) is 0 Å². The van der Waals surface area contributed by atoms with Crippen LogP contribution >= 0.6 is 0 Å². The molecule has 290 valence electrons. The zero-order chi connectivity index (χ0) is 41.0. The van der Waals surface area contributed by atoms with Crippen LogP contribution in [-0.4, -0.2) is 19.5 Å². The SMILES string of the molecule is c1ccc(-c2ccc(-c3nc(-c4cccc(-c5ccccc5)c4)nc(-c4cccc5oc6ccc7c8ccccc8n(-c8cccc(-c9ccccc9)c8)c7c6c45)n3)cc2)cc1. The van der Waals surface area contributed by atoms with Crippen LogP contribution in [0.1, 0.15) is 0 Å². The number of aromatic nitrogens is 4. The van der Waals surface area contributed by atoms with Crippen molar-refractivity contribution in [3.63, 3.8) is 0 Å². The lowest BCUT2D eigenvalue weighted by molar-refractivity contribution is 0.669. The Labute approximate surface area is 357 Å². The van der Waals surface area contributed by atoms with E-state index < -0.39 is 0 Å². The molecule has 5 nitrogen and oxygen atoms in total. The molecule has 0 saturated heterocycles. The molecule has 3 aromatic heterocycles. The number of furan rings is 1. The monoisotopic (exact) mass is 792 g/mol. The van der Waals surface area contributed by atoms with Crippen molar-refractivity contribution in [3.05, 3.63) is 218 Å². The molecule has 0 spiro atoms. The van der Waals surface area contributed by atoms with Crippen LogP contribution in [0.2, 0.25) is 0 Å². The molecule has 12 aromatic rings. The van der Waals surface area contributed by atoms with Crippen LogP contribution in [0.3, 0.4) is 0 Å². The van der Waals surface area contributed by atoms with Gasteiger partial charge in [0.05, 0.1) is 16.4 Å². The molecular formula is C57H36N4O. The van der Waals surface area contributed by atoms with Crippen LogP contribution in [-0.2, 0) is 0 Å². The van der Waals surface area contributed by atoms with E-state index in [0.29, 0.717) is 17.5 Å². The number of nitrogens with zero attached hydrogens (tertiary/aromatic N) is 4. The Morgan fingerprint density at radius 3 is 1.56 bits per heavy atom. The first-order chi connectivity index (χ1) is 30.7. The van der Waals surface area contributed by atoms with Gasteiger partial charge in [-0.25, -0.2) is 15.0 Å².